The van der Waals surface area contributed by atoms with Crippen LogP contribution in [0.3, 0.4) is 0 Å². The second-order valence-corrected chi connectivity index (χ2v) is 9.44. The summed E-state index contributed by atoms with van der Waals surface area (Å²) in [6.45, 7) is 19.4. The van der Waals surface area contributed by atoms with E-state index < -0.39 is 0 Å². The zero-order valence-corrected chi connectivity index (χ0v) is 15.9. The van der Waals surface area contributed by atoms with Crippen LogP contribution in [0.1, 0.15) is 77.5 Å². The number of allylic oxidation sites excluding steroid dienone is 1. The lowest BCUT2D eigenvalue weighted by Gasteiger charge is -2.31. The predicted molar refractivity (Wildman–Crippen MR) is 101 cm³/mol. The average molecular weight is 312 g/mol. The molecule has 0 N–H and O–H groups in total. The van der Waals surface area contributed by atoms with E-state index in [0.717, 1.165) is 12.5 Å². The molecule has 0 unspecified atom stereocenters. The summed E-state index contributed by atoms with van der Waals surface area (Å²) >= 11 is 0. The molecule has 0 spiro atoms. The van der Waals surface area contributed by atoms with Crippen LogP contribution in [-0.4, -0.2) is 6.54 Å². The van der Waals surface area contributed by atoms with E-state index in [4.69, 9.17) is 0 Å². The van der Waals surface area contributed by atoms with Crippen molar-refractivity contribution in [2.75, 3.05) is 11.4 Å². The van der Waals surface area contributed by atoms with Crippen LogP contribution in [0.4, 0.5) is 5.69 Å². The van der Waals surface area contributed by atoms with Crippen LogP contribution in [0, 0.1) is 5.92 Å². The fourth-order valence-electron chi connectivity index (χ4n) is 3.79. The Kier molecular flexibility index (Phi) is 3.90. The summed E-state index contributed by atoms with van der Waals surface area (Å²) in [7, 11) is 0. The molecule has 0 radical (unpaired) electrons. The summed E-state index contributed by atoms with van der Waals surface area (Å²) in [4.78, 5) is 2.51. The van der Waals surface area contributed by atoms with Gasteiger partial charge in [-0.2, -0.15) is 0 Å². The second-order valence-electron chi connectivity index (χ2n) is 9.44. The Morgan fingerprint density at radius 2 is 1.91 bits per heavy atom. The Labute approximate surface area is 142 Å². The molecule has 0 bridgehead atoms. The summed E-state index contributed by atoms with van der Waals surface area (Å²) in [5.74, 6) is 0.870. The highest BCUT2D eigenvalue weighted by Crippen LogP contribution is 2.46. The first-order valence-electron chi connectivity index (χ1n) is 9.20. The van der Waals surface area contributed by atoms with Crippen molar-refractivity contribution in [1.29, 1.82) is 0 Å². The maximum absolute atomic E-state index is 4.29. The molecular formula is C22H33N. The van der Waals surface area contributed by atoms with Gasteiger partial charge in [-0.1, -0.05) is 47.3 Å². The molecule has 1 heteroatoms. The molecule has 126 valence electrons. The van der Waals surface area contributed by atoms with E-state index in [9.17, 15) is 0 Å². The van der Waals surface area contributed by atoms with Crippen molar-refractivity contribution in [3.8, 4) is 0 Å². The summed E-state index contributed by atoms with van der Waals surface area (Å²) in [6.07, 6.45) is 5.24. The number of hydrogen-bond donors (Lipinski definition) is 0. The second kappa shape index (κ2) is 5.40. The summed E-state index contributed by atoms with van der Waals surface area (Å²) in [5.41, 5.74) is 7.72. The van der Waals surface area contributed by atoms with Crippen LogP contribution in [-0.2, 0) is 17.3 Å². The number of fused-ring (bicyclic) bond motifs is 1. The first-order chi connectivity index (χ1) is 10.6. The first kappa shape index (κ1) is 16.6. The highest BCUT2D eigenvalue weighted by molar-refractivity contribution is 5.65. The van der Waals surface area contributed by atoms with Gasteiger partial charge in [0.25, 0.3) is 0 Å². The van der Waals surface area contributed by atoms with Gasteiger partial charge >= 0.3 is 0 Å². The molecule has 0 aromatic heterocycles. The zero-order chi connectivity index (χ0) is 17.0. The Bertz CT molecular complexity index is 626. The molecule has 23 heavy (non-hydrogen) atoms. The Hall–Kier alpha value is -1.24. The minimum atomic E-state index is 0.183. The third-order valence-electron chi connectivity index (χ3n) is 5.71. The smallest absolute Gasteiger partial charge is 0.0446 e. The lowest BCUT2D eigenvalue weighted by Crippen LogP contribution is -2.26. The molecule has 1 aromatic rings. The van der Waals surface area contributed by atoms with E-state index in [1.807, 2.05) is 0 Å². The summed E-state index contributed by atoms with van der Waals surface area (Å²) in [5, 5.41) is 0. The number of nitrogens with zero attached hydrogens (tertiary/aromatic N) is 1. The molecule has 1 nitrogen and oxygen atoms in total. The van der Waals surface area contributed by atoms with Crippen LogP contribution in [0.15, 0.2) is 24.4 Å². The van der Waals surface area contributed by atoms with Crippen molar-refractivity contribution in [3.05, 3.63) is 41.1 Å². The topological polar surface area (TPSA) is 3.24 Å². The van der Waals surface area contributed by atoms with E-state index in [0.29, 0.717) is 5.41 Å². The van der Waals surface area contributed by atoms with E-state index >= 15 is 0 Å². The van der Waals surface area contributed by atoms with Gasteiger partial charge in [-0.3, -0.25) is 0 Å². The highest BCUT2D eigenvalue weighted by atomic mass is 15.1. The van der Waals surface area contributed by atoms with E-state index in [1.165, 1.54) is 42.6 Å². The lowest BCUT2D eigenvalue weighted by molar-refractivity contribution is 0.519. The largest absolute Gasteiger partial charge is 0.345 e. The van der Waals surface area contributed by atoms with Crippen LogP contribution < -0.4 is 4.90 Å². The quantitative estimate of drug-likeness (QED) is 0.663. The van der Waals surface area contributed by atoms with Gasteiger partial charge in [-0.15, -0.1) is 0 Å². The van der Waals surface area contributed by atoms with Gasteiger partial charge in [0, 0.05) is 17.9 Å². The Balaban J connectivity index is 2.14. The molecule has 0 saturated heterocycles. The van der Waals surface area contributed by atoms with Crippen LogP contribution >= 0.6 is 0 Å². The first-order valence-corrected chi connectivity index (χ1v) is 9.20. The fourth-order valence-corrected chi connectivity index (χ4v) is 3.79. The standard InChI is InChI=1S/C22H33N/c1-15(2)23(14-16-8-9-16)20-13-17(21(3,4)5)12-19-18(20)10-11-22(19,6)7/h12-13,16H,1,8-11,14H2,2-7H3. The molecule has 0 amide bonds. The van der Waals surface area contributed by atoms with Gasteiger partial charge in [0.2, 0.25) is 0 Å². The van der Waals surface area contributed by atoms with E-state index in [1.54, 1.807) is 11.1 Å². The zero-order valence-electron chi connectivity index (χ0n) is 15.9. The number of anilines is 1. The van der Waals surface area contributed by atoms with Gasteiger partial charge in [0.15, 0.2) is 0 Å². The minimum absolute atomic E-state index is 0.183. The van der Waals surface area contributed by atoms with E-state index in [-0.39, 0.29) is 5.41 Å². The molecule has 2 aliphatic rings. The van der Waals surface area contributed by atoms with Crippen molar-refractivity contribution >= 4 is 5.69 Å². The molecule has 3 rings (SSSR count). The van der Waals surface area contributed by atoms with Crippen molar-refractivity contribution in [2.24, 2.45) is 5.92 Å². The molecule has 2 aliphatic carbocycles. The minimum Gasteiger partial charge on any atom is -0.345 e. The molecule has 1 fully saturated rings. The lowest BCUT2D eigenvalue weighted by atomic mass is 9.80. The number of rotatable bonds is 4. The van der Waals surface area contributed by atoms with Crippen LogP contribution in [0.25, 0.3) is 0 Å². The van der Waals surface area contributed by atoms with Gasteiger partial charge in [-0.25, -0.2) is 0 Å². The van der Waals surface area contributed by atoms with Gasteiger partial charge < -0.3 is 4.90 Å². The highest BCUT2D eigenvalue weighted by Gasteiger charge is 2.35. The van der Waals surface area contributed by atoms with Crippen LogP contribution in [0.2, 0.25) is 0 Å². The Morgan fingerprint density at radius 3 is 2.43 bits per heavy atom. The predicted octanol–water partition coefficient (Wildman–Crippen LogP) is 5.96. The number of benzene rings is 1. The van der Waals surface area contributed by atoms with Gasteiger partial charge in [-0.05, 0) is 72.1 Å². The Morgan fingerprint density at radius 1 is 1.26 bits per heavy atom. The molecule has 1 aromatic carbocycles. The maximum atomic E-state index is 4.29. The van der Waals surface area contributed by atoms with Gasteiger partial charge in [0.1, 0.15) is 0 Å². The summed E-state index contributed by atoms with van der Waals surface area (Å²) in [6, 6.07) is 4.94. The summed E-state index contributed by atoms with van der Waals surface area (Å²) < 4.78 is 0. The molecule has 0 atom stereocenters. The molecule has 0 heterocycles. The normalized spacial score (nSPS) is 19.6. The van der Waals surface area contributed by atoms with Crippen molar-refractivity contribution in [2.45, 2.75) is 78.1 Å². The van der Waals surface area contributed by atoms with Crippen LogP contribution in [0.5, 0.6) is 0 Å². The fraction of sp³-hybridized carbons (Fsp3) is 0.636. The third kappa shape index (κ3) is 3.20. The monoisotopic (exact) mass is 311 g/mol. The molecule has 0 aliphatic heterocycles. The average Bonchev–Trinajstić information content (AvgIpc) is 3.19. The van der Waals surface area contributed by atoms with Crippen molar-refractivity contribution < 1.29 is 0 Å². The maximum Gasteiger partial charge on any atom is 0.0446 e. The number of hydrogen-bond acceptors (Lipinski definition) is 1. The third-order valence-corrected chi connectivity index (χ3v) is 5.71. The molecular weight excluding hydrogens is 278 g/mol. The SMILES string of the molecule is C=C(C)N(CC1CC1)c1cc(C(C)(C)C)cc2c1CCC2(C)C. The van der Waals surface area contributed by atoms with Crippen molar-refractivity contribution in [3.63, 3.8) is 0 Å². The van der Waals surface area contributed by atoms with E-state index in [2.05, 4.69) is 65.2 Å². The van der Waals surface area contributed by atoms with Crippen molar-refractivity contribution in [1.82, 2.24) is 0 Å². The van der Waals surface area contributed by atoms with Gasteiger partial charge in [0.05, 0.1) is 0 Å². The molecule has 1 saturated carbocycles.